The molecule has 0 atom stereocenters. The largest absolute Gasteiger partial charge is 0.439 e. The number of nitrogens with zero attached hydrogens (tertiary/aromatic N) is 2. The number of hydrogen-bond acceptors (Lipinski definition) is 4. The van der Waals surface area contributed by atoms with Crippen LogP contribution in [0, 0.1) is 12.7 Å². The highest BCUT2D eigenvalue weighted by molar-refractivity contribution is 9.10. The Balaban J connectivity index is 2.39. The first-order chi connectivity index (χ1) is 9.38. The van der Waals surface area contributed by atoms with Crippen LogP contribution in [0.2, 0.25) is 0 Å². The van der Waals surface area contributed by atoms with Crippen LogP contribution < -0.4 is 10.5 Å². The van der Waals surface area contributed by atoms with Crippen molar-refractivity contribution < 1.29 is 9.13 Å². The molecule has 20 heavy (non-hydrogen) atoms. The molecular formula is C14H15BrFN3O. The average Bonchev–Trinajstić information content (AvgIpc) is 2.38. The fourth-order valence-electron chi connectivity index (χ4n) is 1.54. The van der Waals surface area contributed by atoms with Gasteiger partial charge in [-0.1, -0.05) is 13.8 Å². The van der Waals surface area contributed by atoms with E-state index in [1.165, 1.54) is 12.1 Å². The topological polar surface area (TPSA) is 61.0 Å². The van der Waals surface area contributed by atoms with E-state index in [9.17, 15) is 4.39 Å². The Kier molecular flexibility index (Phi) is 4.23. The summed E-state index contributed by atoms with van der Waals surface area (Å²) in [5, 5.41) is 0. The van der Waals surface area contributed by atoms with Crippen molar-refractivity contribution >= 4 is 21.7 Å². The summed E-state index contributed by atoms with van der Waals surface area (Å²) < 4.78 is 19.2. The molecule has 0 saturated heterocycles. The van der Waals surface area contributed by atoms with E-state index < -0.39 is 0 Å². The van der Waals surface area contributed by atoms with Gasteiger partial charge in [0.05, 0.1) is 10.0 Å². The molecule has 0 unspecified atom stereocenters. The summed E-state index contributed by atoms with van der Waals surface area (Å²) >= 11 is 3.12. The zero-order valence-electron chi connectivity index (χ0n) is 11.4. The van der Waals surface area contributed by atoms with Crippen LogP contribution in [0.1, 0.15) is 31.2 Å². The number of ether oxygens (including phenoxy) is 1. The smallest absolute Gasteiger partial charge is 0.227 e. The minimum atomic E-state index is -0.348. The first kappa shape index (κ1) is 14.7. The fourth-order valence-corrected chi connectivity index (χ4v) is 1.90. The van der Waals surface area contributed by atoms with E-state index >= 15 is 0 Å². The number of rotatable bonds is 3. The van der Waals surface area contributed by atoms with Crippen molar-refractivity contribution in [3.63, 3.8) is 0 Å². The van der Waals surface area contributed by atoms with Crippen molar-refractivity contribution in [1.82, 2.24) is 9.97 Å². The molecule has 0 aliphatic rings. The summed E-state index contributed by atoms with van der Waals surface area (Å²) in [5.74, 6) is 1.66. The van der Waals surface area contributed by atoms with Crippen molar-refractivity contribution in [2.75, 3.05) is 5.73 Å². The molecule has 106 valence electrons. The van der Waals surface area contributed by atoms with Gasteiger partial charge in [-0.25, -0.2) is 9.37 Å². The van der Waals surface area contributed by atoms with E-state index in [0.717, 1.165) is 0 Å². The Hall–Kier alpha value is -1.69. The number of halogens is 2. The molecule has 0 aliphatic carbocycles. The molecule has 2 aromatic rings. The molecule has 0 bridgehead atoms. The molecule has 1 aromatic carbocycles. The zero-order valence-corrected chi connectivity index (χ0v) is 13.0. The third-order valence-electron chi connectivity index (χ3n) is 2.78. The van der Waals surface area contributed by atoms with E-state index in [1.54, 1.807) is 13.0 Å². The van der Waals surface area contributed by atoms with Gasteiger partial charge in [-0.15, -0.1) is 0 Å². The summed E-state index contributed by atoms with van der Waals surface area (Å²) in [7, 11) is 0. The molecular weight excluding hydrogens is 325 g/mol. The average molecular weight is 340 g/mol. The second-order valence-electron chi connectivity index (χ2n) is 4.73. The lowest BCUT2D eigenvalue weighted by molar-refractivity contribution is 0.451. The molecule has 1 heterocycles. The summed E-state index contributed by atoms with van der Waals surface area (Å²) in [4.78, 5) is 8.58. The van der Waals surface area contributed by atoms with E-state index in [4.69, 9.17) is 10.5 Å². The van der Waals surface area contributed by atoms with Crippen molar-refractivity contribution in [2.24, 2.45) is 0 Å². The molecule has 6 heteroatoms. The monoisotopic (exact) mass is 339 g/mol. The quantitative estimate of drug-likeness (QED) is 0.910. The fraction of sp³-hybridized carbons (Fsp3) is 0.286. The first-order valence-electron chi connectivity index (χ1n) is 6.15. The van der Waals surface area contributed by atoms with E-state index in [0.29, 0.717) is 33.3 Å². The lowest BCUT2D eigenvalue weighted by Gasteiger charge is -2.12. The maximum Gasteiger partial charge on any atom is 0.227 e. The van der Waals surface area contributed by atoms with Crippen LogP contribution in [0.5, 0.6) is 11.6 Å². The minimum Gasteiger partial charge on any atom is -0.439 e. The summed E-state index contributed by atoms with van der Waals surface area (Å²) in [6.07, 6.45) is 0. The standard InChI is InChI=1S/C14H15BrFN3O/c1-7(2)13-18-12(17)8(3)14(19-13)20-9-4-5-11(16)10(15)6-9/h4-7H,1-3H3,(H2,17,18,19). The maximum absolute atomic E-state index is 13.2. The highest BCUT2D eigenvalue weighted by Crippen LogP contribution is 2.29. The SMILES string of the molecule is Cc1c(N)nc(C(C)C)nc1Oc1ccc(F)c(Br)c1. The Labute approximate surface area is 125 Å². The van der Waals surface area contributed by atoms with Gasteiger partial charge in [-0.05, 0) is 41.1 Å². The van der Waals surface area contributed by atoms with E-state index in [2.05, 4.69) is 25.9 Å². The predicted octanol–water partition coefficient (Wildman–Crippen LogP) is 4.18. The zero-order chi connectivity index (χ0) is 14.9. The predicted molar refractivity (Wildman–Crippen MR) is 79.4 cm³/mol. The van der Waals surface area contributed by atoms with Crippen LogP contribution in [0.4, 0.5) is 10.2 Å². The van der Waals surface area contributed by atoms with Gasteiger partial charge in [0.15, 0.2) is 0 Å². The molecule has 4 nitrogen and oxygen atoms in total. The number of nitrogens with two attached hydrogens (primary N) is 1. The first-order valence-corrected chi connectivity index (χ1v) is 6.94. The van der Waals surface area contributed by atoms with Crippen LogP contribution in [0.15, 0.2) is 22.7 Å². The second kappa shape index (κ2) is 5.75. The number of hydrogen-bond donors (Lipinski definition) is 1. The highest BCUT2D eigenvalue weighted by atomic mass is 79.9. The van der Waals surface area contributed by atoms with Crippen molar-refractivity contribution in [1.29, 1.82) is 0 Å². The van der Waals surface area contributed by atoms with Crippen LogP contribution >= 0.6 is 15.9 Å². The molecule has 0 amide bonds. The Morgan fingerprint density at radius 3 is 2.60 bits per heavy atom. The van der Waals surface area contributed by atoms with Gasteiger partial charge >= 0.3 is 0 Å². The van der Waals surface area contributed by atoms with Gasteiger partial charge in [0.1, 0.15) is 23.2 Å². The summed E-state index contributed by atoms with van der Waals surface area (Å²) in [5.41, 5.74) is 6.53. The van der Waals surface area contributed by atoms with Gasteiger partial charge < -0.3 is 10.5 Å². The van der Waals surface area contributed by atoms with Gasteiger partial charge in [0.2, 0.25) is 5.88 Å². The normalized spacial score (nSPS) is 10.9. The van der Waals surface area contributed by atoms with Crippen molar-refractivity contribution in [3.05, 3.63) is 39.9 Å². The lowest BCUT2D eigenvalue weighted by Crippen LogP contribution is -2.06. The van der Waals surface area contributed by atoms with Crippen LogP contribution in [-0.4, -0.2) is 9.97 Å². The lowest BCUT2D eigenvalue weighted by atomic mass is 10.2. The molecule has 0 saturated carbocycles. The third kappa shape index (κ3) is 3.07. The Bertz CT molecular complexity index is 647. The number of nitrogen functional groups attached to an aromatic ring is 1. The van der Waals surface area contributed by atoms with Crippen molar-refractivity contribution in [2.45, 2.75) is 26.7 Å². The van der Waals surface area contributed by atoms with Gasteiger partial charge in [0, 0.05) is 5.92 Å². The van der Waals surface area contributed by atoms with Gasteiger partial charge in [0.25, 0.3) is 0 Å². The van der Waals surface area contributed by atoms with Gasteiger partial charge in [-0.2, -0.15) is 4.98 Å². The van der Waals surface area contributed by atoms with Crippen molar-refractivity contribution in [3.8, 4) is 11.6 Å². The Morgan fingerprint density at radius 2 is 2.00 bits per heavy atom. The minimum absolute atomic E-state index is 0.139. The summed E-state index contributed by atoms with van der Waals surface area (Å²) in [6, 6.07) is 4.40. The molecule has 2 rings (SSSR count). The molecule has 0 aliphatic heterocycles. The highest BCUT2D eigenvalue weighted by Gasteiger charge is 2.13. The molecule has 1 aromatic heterocycles. The van der Waals surface area contributed by atoms with E-state index in [-0.39, 0.29) is 11.7 Å². The molecule has 0 fully saturated rings. The Morgan fingerprint density at radius 1 is 1.30 bits per heavy atom. The third-order valence-corrected chi connectivity index (χ3v) is 3.39. The van der Waals surface area contributed by atoms with Crippen LogP contribution in [-0.2, 0) is 0 Å². The molecule has 0 spiro atoms. The summed E-state index contributed by atoms with van der Waals surface area (Å²) in [6.45, 7) is 5.73. The van der Waals surface area contributed by atoms with E-state index in [1.807, 2.05) is 13.8 Å². The maximum atomic E-state index is 13.2. The number of anilines is 1. The second-order valence-corrected chi connectivity index (χ2v) is 5.58. The number of aromatic nitrogens is 2. The van der Waals surface area contributed by atoms with Crippen LogP contribution in [0.3, 0.4) is 0 Å². The number of benzene rings is 1. The molecule has 2 N–H and O–H groups in total. The van der Waals surface area contributed by atoms with Gasteiger partial charge in [-0.3, -0.25) is 0 Å². The molecule has 0 radical (unpaired) electrons. The van der Waals surface area contributed by atoms with Crippen LogP contribution in [0.25, 0.3) is 0 Å².